The SMILES string of the molecule is CCCCCc1c(-c2ccc(N(C)C)cc2)nc2ncnc(N)c2c1-c1ccc(F)c(Br)c1. The first-order valence-corrected chi connectivity index (χ1v) is 11.9. The monoisotopic (exact) mass is 507 g/mol. The van der Waals surface area contributed by atoms with Gasteiger partial charge in [0, 0.05) is 30.9 Å². The molecule has 0 unspecified atom stereocenters. The summed E-state index contributed by atoms with van der Waals surface area (Å²) in [5, 5.41) is 0.705. The van der Waals surface area contributed by atoms with Gasteiger partial charge in [-0.2, -0.15) is 0 Å². The zero-order chi connectivity index (χ0) is 23.5. The molecule has 2 aromatic heterocycles. The van der Waals surface area contributed by atoms with Crippen molar-refractivity contribution in [3.05, 3.63) is 64.6 Å². The van der Waals surface area contributed by atoms with Crippen molar-refractivity contribution in [1.82, 2.24) is 15.0 Å². The Kier molecular flexibility index (Phi) is 6.88. The topological polar surface area (TPSA) is 67.9 Å². The number of rotatable bonds is 7. The van der Waals surface area contributed by atoms with Gasteiger partial charge in [-0.05, 0) is 64.2 Å². The fourth-order valence-corrected chi connectivity index (χ4v) is 4.46. The van der Waals surface area contributed by atoms with Crippen molar-refractivity contribution >= 4 is 38.5 Å². The quantitative estimate of drug-likeness (QED) is 0.284. The third kappa shape index (κ3) is 4.69. The maximum atomic E-state index is 14.1. The van der Waals surface area contributed by atoms with Crippen LogP contribution in [0.4, 0.5) is 15.9 Å². The number of aromatic nitrogens is 3. The van der Waals surface area contributed by atoms with Crippen LogP contribution in [0.2, 0.25) is 0 Å². The smallest absolute Gasteiger partial charge is 0.165 e. The zero-order valence-electron chi connectivity index (χ0n) is 19.1. The van der Waals surface area contributed by atoms with Crippen LogP contribution in [0.1, 0.15) is 31.7 Å². The molecule has 4 rings (SSSR count). The van der Waals surface area contributed by atoms with Crippen molar-refractivity contribution < 1.29 is 4.39 Å². The lowest BCUT2D eigenvalue weighted by molar-refractivity contribution is 0.621. The Morgan fingerprint density at radius 2 is 1.73 bits per heavy atom. The normalized spacial score (nSPS) is 11.2. The van der Waals surface area contributed by atoms with E-state index in [2.05, 4.69) is 62.0 Å². The number of hydrogen-bond donors (Lipinski definition) is 1. The summed E-state index contributed by atoms with van der Waals surface area (Å²) in [5.41, 5.74) is 12.7. The van der Waals surface area contributed by atoms with E-state index in [0.717, 1.165) is 59.3 Å². The van der Waals surface area contributed by atoms with Crippen molar-refractivity contribution in [1.29, 1.82) is 0 Å². The summed E-state index contributed by atoms with van der Waals surface area (Å²) in [6.07, 6.45) is 5.47. The number of nitrogens with two attached hydrogens (primary N) is 1. The lowest BCUT2D eigenvalue weighted by Gasteiger charge is -2.19. The van der Waals surface area contributed by atoms with Gasteiger partial charge in [0.1, 0.15) is 18.0 Å². The van der Waals surface area contributed by atoms with E-state index in [0.29, 0.717) is 21.3 Å². The number of benzene rings is 2. The maximum Gasteiger partial charge on any atom is 0.165 e. The molecule has 0 radical (unpaired) electrons. The van der Waals surface area contributed by atoms with Gasteiger partial charge in [0.15, 0.2) is 5.65 Å². The molecule has 2 N–H and O–H groups in total. The average Bonchev–Trinajstić information content (AvgIpc) is 2.81. The summed E-state index contributed by atoms with van der Waals surface area (Å²) in [6.45, 7) is 2.18. The molecule has 0 aliphatic heterocycles. The van der Waals surface area contributed by atoms with Crippen LogP contribution in [-0.4, -0.2) is 29.0 Å². The predicted molar refractivity (Wildman–Crippen MR) is 138 cm³/mol. The molecule has 0 aliphatic rings. The Labute approximate surface area is 202 Å². The summed E-state index contributed by atoms with van der Waals surface area (Å²) in [6, 6.07) is 13.4. The Balaban J connectivity index is 2.04. The lowest BCUT2D eigenvalue weighted by Crippen LogP contribution is -2.08. The standard InChI is InChI=1S/C26H27BrFN5/c1-4-5-6-7-19-22(17-10-13-21(28)20(27)14-17)23-25(29)30-15-31-26(23)32-24(19)16-8-11-18(12-9-16)33(2)3/h8-15H,4-7H2,1-3H3,(H2,29,30,31,32). The number of anilines is 2. The molecule has 5 nitrogen and oxygen atoms in total. The van der Waals surface area contributed by atoms with E-state index in [1.807, 2.05) is 14.1 Å². The van der Waals surface area contributed by atoms with Crippen LogP contribution >= 0.6 is 15.9 Å². The first-order chi connectivity index (χ1) is 15.9. The van der Waals surface area contributed by atoms with E-state index in [9.17, 15) is 4.39 Å². The van der Waals surface area contributed by atoms with E-state index in [1.165, 1.54) is 12.4 Å². The van der Waals surface area contributed by atoms with Crippen LogP contribution in [0.15, 0.2) is 53.3 Å². The Hall–Kier alpha value is -3.06. The number of nitrogens with zero attached hydrogens (tertiary/aromatic N) is 4. The Morgan fingerprint density at radius 1 is 1.00 bits per heavy atom. The van der Waals surface area contributed by atoms with Gasteiger partial charge in [-0.3, -0.25) is 0 Å². The van der Waals surface area contributed by atoms with Crippen LogP contribution in [0, 0.1) is 5.82 Å². The highest BCUT2D eigenvalue weighted by Crippen LogP contribution is 2.40. The molecular formula is C26H27BrFN5. The highest BCUT2D eigenvalue weighted by molar-refractivity contribution is 9.10. The Bertz CT molecular complexity index is 1290. The number of hydrogen-bond acceptors (Lipinski definition) is 5. The fraction of sp³-hybridized carbons (Fsp3) is 0.269. The molecule has 2 heterocycles. The molecule has 0 bridgehead atoms. The lowest BCUT2D eigenvalue weighted by atomic mass is 9.90. The largest absolute Gasteiger partial charge is 0.383 e. The zero-order valence-corrected chi connectivity index (χ0v) is 20.7. The molecule has 7 heteroatoms. The summed E-state index contributed by atoms with van der Waals surface area (Å²) < 4.78 is 14.5. The minimum atomic E-state index is -0.312. The second kappa shape index (κ2) is 9.83. The van der Waals surface area contributed by atoms with Gasteiger partial charge in [-0.25, -0.2) is 19.3 Å². The van der Waals surface area contributed by atoms with E-state index in [1.54, 1.807) is 12.1 Å². The molecule has 0 atom stereocenters. The van der Waals surface area contributed by atoms with E-state index in [4.69, 9.17) is 10.7 Å². The van der Waals surface area contributed by atoms with E-state index in [-0.39, 0.29) is 5.82 Å². The van der Waals surface area contributed by atoms with Crippen LogP contribution in [-0.2, 0) is 6.42 Å². The predicted octanol–water partition coefficient (Wildman–Crippen LogP) is 6.64. The molecule has 0 saturated carbocycles. The first-order valence-electron chi connectivity index (χ1n) is 11.1. The van der Waals surface area contributed by atoms with Crippen LogP contribution in [0.25, 0.3) is 33.4 Å². The first kappa shape index (κ1) is 23.1. The van der Waals surface area contributed by atoms with Crippen molar-refractivity contribution in [3.8, 4) is 22.4 Å². The van der Waals surface area contributed by atoms with Gasteiger partial charge in [0.05, 0.1) is 15.6 Å². The number of halogens is 2. The number of fused-ring (bicyclic) bond motifs is 1. The van der Waals surface area contributed by atoms with Crippen LogP contribution in [0.3, 0.4) is 0 Å². The minimum absolute atomic E-state index is 0.312. The maximum absolute atomic E-state index is 14.1. The molecular weight excluding hydrogens is 481 g/mol. The van der Waals surface area contributed by atoms with E-state index >= 15 is 0 Å². The van der Waals surface area contributed by atoms with Gasteiger partial charge < -0.3 is 10.6 Å². The molecule has 0 aliphatic carbocycles. The summed E-state index contributed by atoms with van der Waals surface area (Å²) >= 11 is 3.34. The van der Waals surface area contributed by atoms with Crippen molar-refractivity contribution in [2.45, 2.75) is 32.6 Å². The second-order valence-electron chi connectivity index (χ2n) is 8.30. The van der Waals surface area contributed by atoms with Gasteiger partial charge in [0.25, 0.3) is 0 Å². The molecule has 33 heavy (non-hydrogen) atoms. The van der Waals surface area contributed by atoms with Gasteiger partial charge >= 0.3 is 0 Å². The highest BCUT2D eigenvalue weighted by Gasteiger charge is 2.21. The van der Waals surface area contributed by atoms with E-state index < -0.39 is 0 Å². The van der Waals surface area contributed by atoms with Crippen LogP contribution in [0.5, 0.6) is 0 Å². The summed E-state index contributed by atoms with van der Waals surface area (Å²) in [4.78, 5) is 15.7. The summed E-state index contributed by atoms with van der Waals surface area (Å²) in [7, 11) is 4.04. The van der Waals surface area contributed by atoms with Gasteiger partial charge in [-0.15, -0.1) is 0 Å². The highest BCUT2D eigenvalue weighted by atomic mass is 79.9. The number of nitrogen functional groups attached to an aromatic ring is 1. The number of pyridine rings is 1. The fourth-order valence-electron chi connectivity index (χ4n) is 4.08. The molecule has 0 spiro atoms. The van der Waals surface area contributed by atoms with Crippen molar-refractivity contribution in [2.24, 2.45) is 0 Å². The van der Waals surface area contributed by atoms with Gasteiger partial charge in [-0.1, -0.05) is 38.0 Å². The average molecular weight is 508 g/mol. The summed E-state index contributed by atoms with van der Waals surface area (Å²) in [5.74, 6) is 0.0579. The molecule has 4 aromatic rings. The molecule has 170 valence electrons. The second-order valence-corrected chi connectivity index (χ2v) is 9.15. The molecule has 0 saturated heterocycles. The van der Waals surface area contributed by atoms with Crippen molar-refractivity contribution in [2.75, 3.05) is 24.7 Å². The Morgan fingerprint density at radius 3 is 2.39 bits per heavy atom. The van der Waals surface area contributed by atoms with Gasteiger partial charge in [0.2, 0.25) is 0 Å². The molecule has 2 aromatic carbocycles. The third-order valence-corrected chi connectivity index (χ3v) is 6.42. The number of unbranched alkanes of at least 4 members (excludes halogenated alkanes) is 2. The third-order valence-electron chi connectivity index (χ3n) is 5.81. The molecule has 0 fully saturated rings. The van der Waals surface area contributed by atoms with Crippen molar-refractivity contribution in [3.63, 3.8) is 0 Å². The molecule has 0 amide bonds. The minimum Gasteiger partial charge on any atom is -0.383 e. The van der Waals surface area contributed by atoms with Crippen LogP contribution < -0.4 is 10.6 Å².